The molecule has 328 valence electrons. The van der Waals surface area contributed by atoms with Gasteiger partial charge in [0, 0.05) is 12.8 Å². The van der Waals surface area contributed by atoms with Gasteiger partial charge in [0.2, 0.25) is 0 Å². The number of hydrogen-bond acceptors (Lipinski definition) is 10. The minimum absolute atomic E-state index is 0.103. The van der Waals surface area contributed by atoms with Crippen molar-refractivity contribution in [1.82, 2.24) is 0 Å². The zero-order valence-corrected chi connectivity index (χ0v) is 36.1. The van der Waals surface area contributed by atoms with Gasteiger partial charge in [-0.1, -0.05) is 130 Å². The van der Waals surface area contributed by atoms with E-state index in [1.54, 1.807) is 0 Å². The number of rotatable bonds is 37. The van der Waals surface area contributed by atoms with E-state index in [0.717, 1.165) is 89.9 Å². The minimum Gasteiger partial charge on any atom is -0.462 e. The first-order valence-electron chi connectivity index (χ1n) is 21.3. The minimum atomic E-state index is -4.65. The number of carbonyl (C=O) groups is 2. The number of ether oxygens (including phenoxy) is 3. The number of hydrogen-bond donors (Lipinski definition) is 3. The van der Waals surface area contributed by atoms with Crippen LogP contribution in [0, 0.1) is 0 Å². The van der Waals surface area contributed by atoms with Crippen molar-refractivity contribution in [2.75, 3.05) is 26.4 Å². The van der Waals surface area contributed by atoms with Crippen LogP contribution in [0.2, 0.25) is 0 Å². The topological polar surface area (TPSA) is 161 Å². The molecule has 0 aromatic heterocycles. The molecule has 5 atom stereocenters. The van der Waals surface area contributed by atoms with Crippen molar-refractivity contribution in [2.45, 2.75) is 154 Å². The number of aliphatic hydroxyl groups is 2. The van der Waals surface area contributed by atoms with Crippen molar-refractivity contribution in [3.63, 3.8) is 0 Å². The Morgan fingerprint density at radius 2 is 1.09 bits per heavy atom. The first-order chi connectivity index (χ1) is 28.2. The Hall–Kier alpha value is -3.15. The molecule has 1 aliphatic heterocycles. The summed E-state index contributed by atoms with van der Waals surface area (Å²) in [5.41, 5.74) is 0. The van der Waals surface area contributed by atoms with E-state index >= 15 is 0 Å². The molecule has 1 aliphatic rings. The van der Waals surface area contributed by atoms with Gasteiger partial charge in [-0.15, -0.1) is 0 Å². The third-order valence-electron chi connectivity index (χ3n) is 8.65. The lowest BCUT2D eigenvalue weighted by Crippen LogP contribution is -2.29. The van der Waals surface area contributed by atoms with Gasteiger partial charge in [0.05, 0.1) is 32.0 Å². The van der Waals surface area contributed by atoms with Crippen molar-refractivity contribution in [3.05, 3.63) is 97.2 Å². The molecule has 0 amide bonds. The Labute approximate surface area is 348 Å². The highest BCUT2D eigenvalue weighted by atomic mass is 31.2. The molecule has 58 heavy (non-hydrogen) atoms. The number of phosphoric ester groups is 1. The van der Waals surface area contributed by atoms with E-state index in [1.807, 2.05) is 12.2 Å². The van der Waals surface area contributed by atoms with Crippen LogP contribution in [0.3, 0.4) is 0 Å². The summed E-state index contributed by atoms with van der Waals surface area (Å²) in [4.78, 5) is 35.0. The fraction of sp³-hybridized carbons (Fsp3) is 0.609. The molecule has 0 aromatic rings. The number of epoxide rings is 1. The van der Waals surface area contributed by atoms with Gasteiger partial charge in [0.1, 0.15) is 12.7 Å². The van der Waals surface area contributed by atoms with E-state index in [9.17, 15) is 24.2 Å². The normalized spacial score (nSPS) is 18.3. The fourth-order valence-electron chi connectivity index (χ4n) is 5.31. The SMILES string of the molecule is CC/C=C\C/C=C\C/C=C\CCCCCCCC(=O)O[C@H](COC(=O)CC/C=C\C/C=C\C/C=C\C/C=C\CC1OC1C/C=C\CC)COP(=O)(O)OC[C@@H](O)CO. The molecule has 0 aliphatic carbocycles. The Balaban J connectivity index is 2.32. The zero-order valence-electron chi connectivity index (χ0n) is 35.2. The highest BCUT2D eigenvalue weighted by molar-refractivity contribution is 7.47. The Kier molecular flexibility index (Phi) is 33.6. The third kappa shape index (κ3) is 33.8. The second kappa shape index (κ2) is 36.9. The molecule has 0 saturated carbocycles. The summed E-state index contributed by atoms with van der Waals surface area (Å²) in [5, 5.41) is 18.3. The largest absolute Gasteiger partial charge is 0.472 e. The molecule has 12 heteroatoms. The number of phosphoric acid groups is 1. The van der Waals surface area contributed by atoms with E-state index in [2.05, 4.69) is 103 Å². The van der Waals surface area contributed by atoms with E-state index in [1.165, 1.54) is 0 Å². The van der Waals surface area contributed by atoms with Crippen LogP contribution in [0.5, 0.6) is 0 Å². The monoisotopic (exact) mass is 832 g/mol. The van der Waals surface area contributed by atoms with Crippen LogP contribution in [0.1, 0.15) is 129 Å². The smallest absolute Gasteiger partial charge is 0.462 e. The average molecular weight is 833 g/mol. The van der Waals surface area contributed by atoms with Crippen LogP contribution in [0.25, 0.3) is 0 Å². The number of unbranched alkanes of at least 4 members (excludes halogenated alkanes) is 5. The van der Waals surface area contributed by atoms with Crippen LogP contribution in [-0.4, -0.2) is 77.9 Å². The Morgan fingerprint density at radius 3 is 1.69 bits per heavy atom. The van der Waals surface area contributed by atoms with Crippen molar-refractivity contribution in [3.8, 4) is 0 Å². The van der Waals surface area contributed by atoms with Gasteiger partial charge in [-0.25, -0.2) is 4.57 Å². The van der Waals surface area contributed by atoms with E-state index < -0.39 is 51.8 Å². The van der Waals surface area contributed by atoms with Crippen molar-refractivity contribution in [1.29, 1.82) is 0 Å². The maximum atomic E-state index is 12.6. The molecule has 3 unspecified atom stereocenters. The number of allylic oxidation sites excluding steroid dienone is 14. The second-order valence-corrected chi connectivity index (χ2v) is 15.4. The van der Waals surface area contributed by atoms with Gasteiger partial charge in [-0.3, -0.25) is 18.6 Å². The molecular formula is C46H73O11P. The van der Waals surface area contributed by atoms with Gasteiger partial charge in [0.15, 0.2) is 6.10 Å². The Morgan fingerprint density at radius 1 is 0.603 bits per heavy atom. The number of esters is 2. The highest BCUT2D eigenvalue weighted by Crippen LogP contribution is 2.43. The van der Waals surface area contributed by atoms with Crippen molar-refractivity contribution < 1.29 is 52.5 Å². The lowest BCUT2D eigenvalue weighted by molar-refractivity contribution is -0.161. The summed E-state index contributed by atoms with van der Waals surface area (Å²) < 4.78 is 38.3. The second-order valence-electron chi connectivity index (χ2n) is 14.0. The molecule has 0 radical (unpaired) electrons. The first kappa shape index (κ1) is 52.9. The average Bonchev–Trinajstić information content (AvgIpc) is 3.97. The molecule has 1 rings (SSSR count). The first-order valence-corrected chi connectivity index (χ1v) is 22.8. The molecule has 0 bridgehead atoms. The molecule has 0 aromatic carbocycles. The summed E-state index contributed by atoms with van der Waals surface area (Å²) >= 11 is 0. The van der Waals surface area contributed by atoms with E-state index in [0.29, 0.717) is 25.0 Å². The maximum absolute atomic E-state index is 12.6. The van der Waals surface area contributed by atoms with Crippen LogP contribution in [-0.2, 0) is 37.4 Å². The van der Waals surface area contributed by atoms with Gasteiger partial charge in [-0.05, 0) is 83.5 Å². The van der Waals surface area contributed by atoms with Crippen LogP contribution in [0.4, 0.5) is 0 Å². The molecule has 3 N–H and O–H groups in total. The predicted octanol–water partition coefficient (Wildman–Crippen LogP) is 10.2. The van der Waals surface area contributed by atoms with Crippen LogP contribution < -0.4 is 0 Å². The molecule has 1 fully saturated rings. The van der Waals surface area contributed by atoms with Crippen LogP contribution >= 0.6 is 7.82 Å². The van der Waals surface area contributed by atoms with Gasteiger partial charge in [-0.2, -0.15) is 0 Å². The highest BCUT2D eigenvalue weighted by Gasteiger charge is 2.36. The lowest BCUT2D eigenvalue weighted by atomic mass is 10.1. The summed E-state index contributed by atoms with van der Waals surface area (Å²) in [6.07, 6.45) is 47.1. The maximum Gasteiger partial charge on any atom is 0.472 e. The van der Waals surface area contributed by atoms with Gasteiger partial charge in [0.25, 0.3) is 0 Å². The summed E-state index contributed by atoms with van der Waals surface area (Å²) in [5.74, 6) is -1.06. The van der Waals surface area contributed by atoms with Crippen molar-refractivity contribution >= 4 is 19.8 Å². The number of aliphatic hydroxyl groups excluding tert-OH is 2. The standard InChI is InChI=1S/C46H73O11P/c1-3-5-7-8-9-10-11-12-13-14-19-22-25-28-32-36-46(50)56-42(40-55-58(51,52)54-38-41(48)37-47)39-53-45(49)35-31-27-24-21-18-16-15-17-20-23-26-30-34-44-43(57-44)33-29-6-4-2/h5-7,9-10,12-13,16-18,20,24,26-27,29-30,41-44,47-48H,3-4,8,11,14-15,19,21-23,25,28,31-40H2,1-2H3,(H,51,52)/b7-5-,10-9-,13-12-,18-16-,20-17-,27-24-,29-6-,30-26-/t41-,42+,43?,44?/m0/s1. The molecule has 0 spiro atoms. The summed E-state index contributed by atoms with van der Waals surface area (Å²) in [7, 11) is -4.65. The molecular weight excluding hydrogens is 759 g/mol. The Bertz CT molecular complexity index is 1350. The lowest BCUT2D eigenvalue weighted by Gasteiger charge is -2.20. The summed E-state index contributed by atoms with van der Waals surface area (Å²) in [6, 6.07) is 0. The fourth-order valence-corrected chi connectivity index (χ4v) is 6.10. The van der Waals surface area contributed by atoms with Crippen molar-refractivity contribution in [2.24, 2.45) is 0 Å². The van der Waals surface area contributed by atoms with E-state index in [4.69, 9.17) is 23.8 Å². The quantitative estimate of drug-likeness (QED) is 0.0180. The zero-order chi connectivity index (χ0) is 42.4. The number of carbonyl (C=O) groups excluding carboxylic acids is 2. The van der Waals surface area contributed by atoms with Gasteiger partial charge < -0.3 is 29.3 Å². The summed E-state index contributed by atoms with van der Waals surface area (Å²) in [6.45, 7) is 2.01. The molecule has 1 saturated heterocycles. The molecule has 11 nitrogen and oxygen atoms in total. The van der Waals surface area contributed by atoms with Crippen LogP contribution in [0.15, 0.2) is 97.2 Å². The van der Waals surface area contributed by atoms with Gasteiger partial charge >= 0.3 is 19.8 Å². The van der Waals surface area contributed by atoms with E-state index in [-0.39, 0.29) is 19.4 Å². The molecule has 1 heterocycles. The predicted molar refractivity (Wildman–Crippen MR) is 232 cm³/mol. The third-order valence-corrected chi connectivity index (χ3v) is 9.60.